The highest BCUT2D eigenvalue weighted by Crippen LogP contribution is 2.43. The highest BCUT2D eigenvalue weighted by Gasteiger charge is 2.43. The van der Waals surface area contributed by atoms with Crippen molar-refractivity contribution >= 4 is 34.0 Å². The van der Waals surface area contributed by atoms with E-state index in [0.29, 0.717) is 24.1 Å². The van der Waals surface area contributed by atoms with E-state index in [-0.39, 0.29) is 40.7 Å². The third-order valence-electron chi connectivity index (χ3n) is 6.96. The summed E-state index contributed by atoms with van der Waals surface area (Å²) in [5.41, 5.74) is -0.398. The molecule has 2 aliphatic rings. The number of anilines is 2. The zero-order valence-electron chi connectivity index (χ0n) is 21.3. The van der Waals surface area contributed by atoms with Gasteiger partial charge in [0.15, 0.2) is 17.3 Å². The monoisotopic (exact) mass is 545 g/mol. The van der Waals surface area contributed by atoms with Gasteiger partial charge in [0.25, 0.3) is 6.43 Å². The van der Waals surface area contributed by atoms with E-state index in [0.717, 1.165) is 12.8 Å². The lowest BCUT2D eigenvalue weighted by Crippen LogP contribution is -2.18. The fourth-order valence-corrected chi connectivity index (χ4v) is 4.98. The number of halogens is 4. The van der Waals surface area contributed by atoms with Gasteiger partial charge in [-0.3, -0.25) is 9.78 Å². The molecule has 1 saturated carbocycles. The Morgan fingerprint density at radius 2 is 2.00 bits per heavy atom. The molecule has 1 aromatic carbocycles. The normalized spacial score (nSPS) is 21.3. The molecule has 4 aromatic rings. The van der Waals surface area contributed by atoms with Crippen molar-refractivity contribution < 1.29 is 27.1 Å². The predicted octanol–water partition coefficient (Wildman–Crippen LogP) is 5.64. The Kier molecular flexibility index (Phi) is 6.40. The van der Waals surface area contributed by atoms with Gasteiger partial charge in [-0.25, -0.2) is 27.2 Å². The standard InChI is InChI=1S/C26H27F4N7O2/c1-12(2)32-24-22(28)21(25(29)30)20(14-9-37(35-23(14)24)19-5-3-4-6-39-19)16-10-36-11-17(33-18(36)8-31-16)34-26(38)13-7-15(13)27/h8-13,15,19,25,32H,3-7H2,1-2H3,(H,34,38)/t13-,15+,19?/m1/s1. The first-order valence-electron chi connectivity index (χ1n) is 12.9. The molecule has 1 aliphatic heterocycles. The number of rotatable bonds is 7. The van der Waals surface area contributed by atoms with Crippen molar-refractivity contribution in [2.24, 2.45) is 5.92 Å². The Bertz CT molecular complexity index is 1560. The van der Waals surface area contributed by atoms with Gasteiger partial charge in [-0.05, 0) is 39.5 Å². The molecule has 1 amide bonds. The maximum atomic E-state index is 15.8. The fourth-order valence-electron chi connectivity index (χ4n) is 4.98. The Morgan fingerprint density at radius 3 is 2.67 bits per heavy atom. The lowest BCUT2D eigenvalue weighted by atomic mass is 9.98. The molecule has 2 N–H and O–H groups in total. The van der Waals surface area contributed by atoms with Crippen LogP contribution in [-0.2, 0) is 9.53 Å². The van der Waals surface area contributed by atoms with Crippen molar-refractivity contribution in [3.8, 4) is 11.3 Å². The maximum Gasteiger partial charge on any atom is 0.267 e. The van der Waals surface area contributed by atoms with Gasteiger partial charge in [0.2, 0.25) is 5.91 Å². The van der Waals surface area contributed by atoms with Crippen LogP contribution in [0.1, 0.15) is 57.7 Å². The molecule has 1 saturated heterocycles. The molecule has 2 fully saturated rings. The topological polar surface area (TPSA) is 98.4 Å². The van der Waals surface area contributed by atoms with Crippen molar-refractivity contribution in [2.75, 3.05) is 17.2 Å². The van der Waals surface area contributed by atoms with Crippen LogP contribution in [0.2, 0.25) is 0 Å². The third kappa shape index (κ3) is 4.68. The molecular weight excluding hydrogens is 518 g/mol. The number of carbonyl (C=O) groups is 1. The average molecular weight is 546 g/mol. The summed E-state index contributed by atoms with van der Waals surface area (Å²) in [5, 5.41) is 10.4. The van der Waals surface area contributed by atoms with Crippen LogP contribution in [-0.4, -0.2) is 48.9 Å². The quantitative estimate of drug-likeness (QED) is 0.292. The van der Waals surface area contributed by atoms with Gasteiger partial charge in [-0.2, -0.15) is 5.10 Å². The molecule has 4 heterocycles. The van der Waals surface area contributed by atoms with Crippen LogP contribution in [0.5, 0.6) is 0 Å². The van der Waals surface area contributed by atoms with Crippen LogP contribution in [0, 0.1) is 11.7 Å². The zero-order chi connectivity index (χ0) is 27.4. The number of imidazole rings is 1. The zero-order valence-corrected chi connectivity index (χ0v) is 21.3. The Labute approximate surface area is 220 Å². The van der Waals surface area contributed by atoms with E-state index in [1.807, 2.05) is 0 Å². The predicted molar refractivity (Wildman–Crippen MR) is 136 cm³/mol. The SMILES string of the molecule is CC(C)Nc1c(F)c(C(F)F)c(-c2cn3cc(NC(=O)[C@@H]4C[C@@H]4F)nc3cn2)c2cn(C3CCCCO3)nc12. The van der Waals surface area contributed by atoms with E-state index in [9.17, 15) is 18.0 Å². The lowest BCUT2D eigenvalue weighted by molar-refractivity contribution is -0.117. The minimum atomic E-state index is -3.14. The fraction of sp³-hybridized carbons (Fsp3) is 0.462. The van der Waals surface area contributed by atoms with E-state index < -0.39 is 42.0 Å². The Morgan fingerprint density at radius 1 is 1.21 bits per heavy atom. The number of carbonyl (C=O) groups excluding carboxylic acids is 1. The molecule has 39 heavy (non-hydrogen) atoms. The summed E-state index contributed by atoms with van der Waals surface area (Å²) in [6.07, 6.45) is 3.86. The minimum absolute atomic E-state index is 0.0724. The average Bonchev–Trinajstić information content (AvgIpc) is 3.29. The second kappa shape index (κ2) is 9.78. The van der Waals surface area contributed by atoms with Gasteiger partial charge in [0, 0.05) is 36.0 Å². The third-order valence-corrected chi connectivity index (χ3v) is 6.96. The number of nitrogens with zero attached hydrogens (tertiary/aromatic N) is 5. The summed E-state index contributed by atoms with van der Waals surface area (Å²) < 4.78 is 67.0. The number of fused-ring (bicyclic) bond motifs is 2. The van der Waals surface area contributed by atoms with E-state index in [2.05, 4.69) is 25.7 Å². The summed E-state index contributed by atoms with van der Waals surface area (Å²) in [4.78, 5) is 20.7. The van der Waals surface area contributed by atoms with Gasteiger partial charge >= 0.3 is 0 Å². The first-order valence-corrected chi connectivity index (χ1v) is 12.9. The molecule has 9 nitrogen and oxygen atoms in total. The van der Waals surface area contributed by atoms with Crippen LogP contribution in [0.25, 0.3) is 27.8 Å². The molecule has 13 heteroatoms. The molecule has 206 valence electrons. The van der Waals surface area contributed by atoms with Gasteiger partial charge in [0.1, 0.15) is 17.9 Å². The van der Waals surface area contributed by atoms with Crippen molar-refractivity contribution in [2.45, 2.75) is 64.4 Å². The molecule has 1 aliphatic carbocycles. The summed E-state index contributed by atoms with van der Waals surface area (Å²) in [5.74, 6) is -2.10. The summed E-state index contributed by atoms with van der Waals surface area (Å²) >= 11 is 0. The molecule has 1 unspecified atom stereocenters. The van der Waals surface area contributed by atoms with Crippen LogP contribution in [0.15, 0.2) is 24.8 Å². The van der Waals surface area contributed by atoms with Gasteiger partial charge in [0.05, 0.1) is 35.3 Å². The summed E-state index contributed by atoms with van der Waals surface area (Å²) in [6, 6.07) is -0.243. The van der Waals surface area contributed by atoms with Crippen LogP contribution in [0.4, 0.5) is 29.1 Å². The van der Waals surface area contributed by atoms with Gasteiger partial charge in [-0.15, -0.1) is 0 Å². The van der Waals surface area contributed by atoms with Crippen molar-refractivity contribution in [3.05, 3.63) is 36.2 Å². The molecule has 3 atom stereocenters. The molecule has 6 rings (SSSR count). The van der Waals surface area contributed by atoms with E-state index in [1.54, 1.807) is 24.7 Å². The van der Waals surface area contributed by atoms with Gasteiger partial charge in [-0.1, -0.05) is 0 Å². The second-order valence-electron chi connectivity index (χ2n) is 10.3. The number of nitrogens with one attached hydrogen (secondary N) is 2. The highest BCUT2D eigenvalue weighted by molar-refractivity contribution is 6.02. The minimum Gasteiger partial charge on any atom is -0.379 e. The number of hydrogen-bond acceptors (Lipinski definition) is 6. The smallest absolute Gasteiger partial charge is 0.267 e. The van der Waals surface area contributed by atoms with Crippen molar-refractivity contribution in [1.29, 1.82) is 0 Å². The number of alkyl halides is 3. The highest BCUT2D eigenvalue weighted by atomic mass is 19.3. The maximum absolute atomic E-state index is 15.8. The molecule has 0 spiro atoms. The van der Waals surface area contributed by atoms with Crippen LogP contribution < -0.4 is 10.6 Å². The van der Waals surface area contributed by atoms with Crippen LogP contribution in [0.3, 0.4) is 0 Å². The molecular formula is C26H27F4N7O2. The molecule has 0 radical (unpaired) electrons. The number of aromatic nitrogens is 5. The first-order chi connectivity index (χ1) is 18.7. The van der Waals surface area contributed by atoms with E-state index in [4.69, 9.17) is 4.74 Å². The van der Waals surface area contributed by atoms with Gasteiger partial charge < -0.3 is 19.8 Å². The summed E-state index contributed by atoms with van der Waals surface area (Å²) in [7, 11) is 0. The van der Waals surface area contributed by atoms with Crippen molar-refractivity contribution in [1.82, 2.24) is 24.1 Å². The molecule has 3 aromatic heterocycles. The Balaban J connectivity index is 1.50. The summed E-state index contributed by atoms with van der Waals surface area (Å²) in [6.45, 7) is 4.11. The number of hydrogen-bond donors (Lipinski definition) is 2. The number of amides is 1. The number of ether oxygens (including phenoxy) is 1. The largest absolute Gasteiger partial charge is 0.379 e. The lowest BCUT2D eigenvalue weighted by Gasteiger charge is -2.22. The second-order valence-corrected chi connectivity index (χ2v) is 10.3. The first kappa shape index (κ1) is 25.5. The number of benzene rings is 1. The van der Waals surface area contributed by atoms with E-state index >= 15 is 4.39 Å². The Hall–Kier alpha value is -3.74. The molecule has 0 bridgehead atoms. The van der Waals surface area contributed by atoms with Crippen molar-refractivity contribution in [3.63, 3.8) is 0 Å². The van der Waals surface area contributed by atoms with E-state index in [1.165, 1.54) is 23.0 Å². The van der Waals surface area contributed by atoms with Crippen LogP contribution >= 0.6 is 0 Å².